The van der Waals surface area contributed by atoms with Gasteiger partial charge in [0.2, 0.25) is 0 Å². The second kappa shape index (κ2) is 7.32. The standard InChI is InChI=1S/C12H17F2NO2/c13-11-2-1-9(7-12(11)14)3-5-15-10(8-17)4-6-16/h1-2,7,10,15-17H,3-6,8H2. The second-order valence-electron chi connectivity index (χ2n) is 3.84. The molecular formula is C12H17F2NO2. The van der Waals surface area contributed by atoms with E-state index in [9.17, 15) is 8.78 Å². The molecule has 0 saturated heterocycles. The average molecular weight is 245 g/mol. The number of rotatable bonds is 7. The van der Waals surface area contributed by atoms with Crippen LogP contribution in [-0.2, 0) is 6.42 Å². The van der Waals surface area contributed by atoms with Gasteiger partial charge >= 0.3 is 0 Å². The van der Waals surface area contributed by atoms with Crippen LogP contribution < -0.4 is 5.32 Å². The minimum Gasteiger partial charge on any atom is -0.396 e. The van der Waals surface area contributed by atoms with E-state index < -0.39 is 11.6 Å². The molecule has 17 heavy (non-hydrogen) atoms. The van der Waals surface area contributed by atoms with Gasteiger partial charge in [-0.05, 0) is 37.1 Å². The molecule has 0 spiro atoms. The first-order valence-corrected chi connectivity index (χ1v) is 5.56. The fraction of sp³-hybridized carbons (Fsp3) is 0.500. The molecule has 0 heterocycles. The molecule has 96 valence electrons. The van der Waals surface area contributed by atoms with Crippen molar-refractivity contribution in [2.24, 2.45) is 0 Å². The zero-order valence-corrected chi connectivity index (χ0v) is 9.50. The summed E-state index contributed by atoms with van der Waals surface area (Å²) in [5.41, 5.74) is 0.692. The fourth-order valence-electron chi connectivity index (χ4n) is 1.53. The Morgan fingerprint density at radius 1 is 1.18 bits per heavy atom. The number of aliphatic hydroxyl groups is 2. The molecule has 0 amide bonds. The third-order valence-electron chi connectivity index (χ3n) is 2.53. The lowest BCUT2D eigenvalue weighted by Gasteiger charge is -2.14. The maximum absolute atomic E-state index is 12.9. The smallest absolute Gasteiger partial charge is 0.159 e. The Morgan fingerprint density at radius 3 is 2.53 bits per heavy atom. The highest BCUT2D eigenvalue weighted by atomic mass is 19.2. The molecule has 1 aromatic rings. The Hall–Kier alpha value is -1.04. The largest absolute Gasteiger partial charge is 0.396 e. The molecule has 1 unspecified atom stereocenters. The van der Waals surface area contributed by atoms with E-state index in [-0.39, 0.29) is 19.3 Å². The zero-order valence-electron chi connectivity index (χ0n) is 9.50. The molecule has 0 radical (unpaired) electrons. The van der Waals surface area contributed by atoms with E-state index in [4.69, 9.17) is 10.2 Å². The van der Waals surface area contributed by atoms with Crippen LogP contribution in [0.3, 0.4) is 0 Å². The molecule has 1 rings (SSSR count). The van der Waals surface area contributed by atoms with Crippen molar-refractivity contribution in [1.29, 1.82) is 0 Å². The normalized spacial score (nSPS) is 12.7. The van der Waals surface area contributed by atoms with Crippen LogP contribution in [0.15, 0.2) is 18.2 Å². The van der Waals surface area contributed by atoms with E-state index in [0.717, 1.165) is 12.1 Å². The average Bonchev–Trinajstić information content (AvgIpc) is 2.32. The lowest BCUT2D eigenvalue weighted by Crippen LogP contribution is -2.34. The summed E-state index contributed by atoms with van der Waals surface area (Å²) in [4.78, 5) is 0. The van der Waals surface area contributed by atoms with E-state index in [1.807, 2.05) is 0 Å². The van der Waals surface area contributed by atoms with Gasteiger partial charge in [0, 0.05) is 12.6 Å². The monoisotopic (exact) mass is 245 g/mol. The lowest BCUT2D eigenvalue weighted by molar-refractivity contribution is 0.201. The van der Waals surface area contributed by atoms with Gasteiger partial charge in [0.05, 0.1) is 6.61 Å². The molecule has 5 heteroatoms. The van der Waals surface area contributed by atoms with Gasteiger partial charge in [0.1, 0.15) is 0 Å². The van der Waals surface area contributed by atoms with Crippen LogP contribution in [0, 0.1) is 11.6 Å². The Kier molecular flexibility index (Phi) is 6.04. The van der Waals surface area contributed by atoms with Crippen LogP contribution in [0.1, 0.15) is 12.0 Å². The molecule has 0 aromatic heterocycles. The summed E-state index contributed by atoms with van der Waals surface area (Å²) in [6.45, 7) is 0.484. The van der Waals surface area contributed by atoms with Crippen molar-refractivity contribution in [2.75, 3.05) is 19.8 Å². The molecule has 0 fully saturated rings. The molecule has 1 aromatic carbocycles. The van der Waals surface area contributed by atoms with Crippen LogP contribution in [0.2, 0.25) is 0 Å². The molecule has 0 bridgehead atoms. The van der Waals surface area contributed by atoms with Crippen molar-refractivity contribution in [2.45, 2.75) is 18.9 Å². The van der Waals surface area contributed by atoms with Gasteiger partial charge in [-0.2, -0.15) is 0 Å². The summed E-state index contributed by atoms with van der Waals surface area (Å²) >= 11 is 0. The van der Waals surface area contributed by atoms with Gasteiger partial charge in [-0.3, -0.25) is 0 Å². The molecule has 3 nitrogen and oxygen atoms in total. The van der Waals surface area contributed by atoms with Crippen molar-refractivity contribution < 1.29 is 19.0 Å². The quantitative estimate of drug-likeness (QED) is 0.667. The molecule has 0 aliphatic rings. The van der Waals surface area contributed by atoms with E-state index >= 15 is 0 Å². The second-order valence-corrected chi connectivity index (χ2v) is 3.84. The Bertz CT molecular complexity index is 347. The summed E-state index contributed by atoms with van der Waals surface area (Å²) in [5, 5.41) is 20.7. The van der Waals surface area contributed by atoms with Gasteiger partial charge in [-0.25, -0.2) is 8.78 Å². The number of nitrogens with one attached hydrogen (secondary N) is 1. The van der Waals surface area contributed by atoms with Crippen molar-refractivity contribution >= 4 is 0 Å². The van der Waals surface area contributed by atoms with Gasteiger partial charge in [-0.1, -0.05) is 6.07 Å². The summed E-state index contributed by atoms with van der Waals surface area (Å²) in [7, 11) is 0. The van der Waals surface area contributed by atoms with E-state index in [2.05, 4.69) is 5.32 Å². The minimum atomic E-state index is -0.852. The molecule has 0 aliphatic heterocycles. The zero-order chi connectivity index (χ0) is 12.7. The van der Waals surface area contributed by atoms with Gasteiger partial charge < -0.3 is 15.5 Å². The van der Waals surface area contributed by atoms with Crippen LogP contribution in [0.5, 0.6) is 0 Å². The molecule has 0 aliphatic carbocycles. The number of benzene rings is 1. The van der Waals surface area contributed by atoms with Gasteiger partial charge in [0.15, 0.2) is 11.6 Å². The Labute approximate surface area is 99.1 Å². The number of halogens is 2. The maximum Gasteiger partial charge on any atom is 0.159 e. The summed E-state index contributed by atoms with van der Waals surface area (Å²) in [5.74, 6) is -1.70. The van der Waals surface area contributed by atoms with Gasteiger partial charge in [-0.15, -0.1) is 0 Å². The van der Waals surface area contributed by atoms with Crippen molar-refractivity contribution in [3.8, 4) is 0 Å². The summed E-state index contributed by atoms with van der Waals surface area (Å²) in [6, 6.07) is 3.63. The summed E-state index contributed by atoms with van der Waals surface area (Å²) in [6.07, 6.45) is 1.01. The minimum absolute atomic E-state index is 0.00338. The van der Waals surface area contributed by atoms with Crippen LogP contribution in [-0.4, -0.2) is 36.0 Å². The predicted octanol–water partition coefficient (Wildman–Crippen LogP) is 0.840. The molecule has 3 N–H and O–H groups in total. The van der Waals surface area contributed by atoms with E-state index in [0.29, 0.717) is 24.9 Å². The fourth-order valence-corrected chi connectivity index (χ4v) is 1.53. The summed E-state index contributed by atoms with van der Waals surface area (Å²) < 4.78 is 25.5. The molecule has 1 atom stereocenters. The van der Waals surface area contributed by atoms with Crippen LogP contribution in [0.4, 0.5) is 8.78 Å². The van der Waals surface area contributed by atoms with Gasteiger partial charge in [0.25, 0.3) is 0 Å². The van der Waals surface area contributed by atoms with E-state index in [1.54, 1.807) is 0 Å². The highest BCUT2D eigenvalue weighted by Gasteiger charge is 2.06. The highest BCUT2D eigenvalue weighted by Crippen LogP contribution is 2.08. The first-order chi connectivity index (χ1) is 8.17. The van der Waals surface area contributed by atoms with Crippen molar-refractivity contribution in [3.63, 3.8) is 0 Å². The van der Waals surface area contributed by atoms with Crippen molar-refractivity contribution in [3.05, 3.63) is 35.4 Å². The third kappa shape index (κ3) is 4.77. The third-order valence-corrected chi connectivity index (χ3v) is 2.53. The van der Waals surface area contributed by atoms with Crippen molar-refractivity contribution in [1.82, 2.24) is 5.32 Å². The van der Waals surface area contributed by atoms with Crippen LogP contribution >= 0.6 is 0 Å². The SMILES string of the molecule is OCCC(CO)NCCc1ccc(F)c(F)c1. The topological polar surface area (TPSA) is 52.5 Å². The molecular weight excluding hydrogens is 228 g/mol. The maximum atomic E-state index is 12.9. The number of hydrogen-bond acceptors (Lipinski definition) is 3. The first kappa shape index (κ1) is 14.0. The first-order valence-electron chi connectivity index (χ1n) is 5.56. The molecule has 0 saturated carbocycles. The van der Waals surface area contributed by atoms with E-state index in [1.165, 1.54) is 6.07 Å². The Balaban J connectivity index is 2.37. The highest BCUT2D eigenvalue weighted by molar-refractivity contribution is 5.18. The van der Waals surface area contributed by atoms with Crippen LogP contribution in [0.25, 0.3) is 0 Å². The Morgan fingerprint density at radius 2 is 1.94 bits per heavy atom. The lowest BCUT2D eigenvalue weighted by atomic mass is 10.1. The predicted molar refractivity (Wildman–Crippen MR) is 60.6 cm³/mol. The number of hydrogen-bond donors (Lipinski definition) is 3. The number of aliphatic hydroxyl groups excluding tert-OH is 2.